The average molecular weight is 180 g/mol. The molecule has 0 unspecified atom stereocenters. The Morgan fingerprint density at radius 3 is 3.00 bits per heavy atom. The van der Waals surface area contributed by atoms with Crippen LogP contribution >= 0.6 is 15.9 Å². The molecule has 0 aliphatic heterocycles. The number of oxime groups is 1. The van der Waals surface area contributed by atoms with Gasteiger partial charge in [0, 0.05) is 11.5 Å². The summed E-state index contributed by atoms with van der Waals surface area (Å²) in [5.74, 6) is 0. The van der Waals surface area contributed by atoms with Crippen molar-refractivity contribution < 1.29 is 4.84 Å². The van der Waals surface area contributed by atoms with E-state index >= 15 is 0 Å². The summed E-state index contributed by atoms with van der Waals surface area (Å²) in [4.78, 5) is 4.75. The molecule has 0 N–H and O–H groups in total. The molecule has 0 aromatic heterocycles. The van der Waals surface area contributed by atoms with Crippen LogP contribution in [0, 0.1) is 0 Å². The molecule has 0 saturated carbocycles. The topological polar surface area (TPSA) is 21.6 Å². The quantitative estimate of drug-likeness (QED) is 0.279. The molecule has 2 nitrogen and oxygen atoms in total. The van der Waals surface area contributed by atoms with Gasteiger partial charge in [-0.15, -0.1) is 0 Å². The third-order valence-electron chi connectivity index (χ3n) is 0.500. The summed E-state index contributed by atoms with van der Waals surface area (Å²) >= 11 is 3.20. The van der Waals surface area contributed by atoms with Crippen molar-refractivity contribution in [1.29, 1.82) is 0 Å². The van der Waals surface area contributed by atoms with Crippen LogP contribution in [0.25, 0.3) is 0 Å². The predicted molar refractivity (Wildman–Crippen MR) is 38.5 cm³/mol. The zero-order chi connectivity index (χ0) is 6.24. The Labute approximate surface area is 58.0 Å². The fourth-order valence-corrected chi connectivity index (χ4v) is 0.359. The summed E-state index contributed by atoms with van der Waals surface area (Å²) in [6.45, 7) is 2.66. The molecule has 0 bridgehead atoms. The molecule has 0 atom stereocenters. The van der Waals surface area contributed by atoms with E-state index in [1.54, 1.807) is 6.21 Å². The Morgan fingerprint density at radius 1 is 1.75 bits per heavy atom. The first kappa shape index (κ1) is 7.95. The van der Waals surface area contributed by atoms with Crippen LogP contribution in [0.15, 0.2) is 5.16 Å². The molecule has 0 amide bonds. The van der Waals surface area contributed by atoms with Crippen LogP contribution in [-0.4, -0.2) is 18.2 Å². The highest BCUT2D eigenvalue weighted by atomic mass is 79.9. The molecule has 0 saturated heterocycles. The predicted octanol–water partition coefficient (Wildman–Crippen LogP) is 1.79. The molecule has 0 aromatic carbocycles. The van der Waals surface area contributed by atoms with Gasteiger partial charge in [0.2, 0.25) is 0 Å². The largest absolute Gasteiger partial charge is 0.395 e. The lowest BCUT2D eigenvalue weighted by molar-refractivity contribution is 0.163. The second-order valence-corrected chi connectivity index (χ2v) is 2.01. The van der Waals surface area contributed by atoms with Crippen LogP contribution in [0.1, 0.15) is 13.3 Å². The van der Waals surface area contributed by atoms with Gasteiger partial charge in [0.25, 0.3) is 0 Å². The Bertz CT molecular complexity index is 65.4. The fraction of sp³-hybridized carbons (Fsp3) is 0.800. The minimum absolute atomic E-state index is 0.649. The second kappa shape index (κ2) is 6.95. The smallest absolute Gasteiger partial charge is 0.126 e. The van der Waals surface area contributed by atoms with E-state index < -0.39 is 0 Å². The minimum atomic E-state index is 0.649. The van der Waals surface area contributed by atoms with Gasteiger partial charge < -0.3 is 4.84 Å². The van der Waals surface area contributed by atoms with E-state index in [0.29, 0.717) is 6.61 Å². The lowest BCUT2D eigenvalue weighted by Gasteiger charge is -1.89. The van der Waals surface area contributed by atoms with E-state index in [4.69, 9.17) is 4.84 Å². The van der Waals surface area contributed by atoms with Gasteiger partial charge in [-0.05, 0) is 6.42 Å². The van der Waals surface area contributed by atoms with Gasteiger partial charge in [-0.25, -0.2) is 0 Å². The molecule has 0 aromatic rings. The SMILES string of the molecule is CC/C=N/OCCBr. The Morgan fingerprint density at radius 2 is 2.50 bits per heavy atom. The van der Waals surface area contributed by atoms with Gasteiger partial charge >= 0.3 is 0 Å². The number of rotatable bonds is 4. The van der Waals surface area contributed by atoms with Crippen LogP contribution < -0.4 is 0 Å². The van der Waals surface area contributed by atoms with Crippen molar-refractivity contribution in [3.63, 3.8) is 0 Å². The number of nitrogens with zero attached hydrogens (tertiary/aromatic N) is 1. The maximum Gasteiger partial charge on any atom is 0.126 e. The van der Waals surface area contributed by atoms with E-state index in [-0.39, 0.29) is 0 Å². The summed E-state index contributed by atoms with van der Waals surface area (Å²) in [7, 11) is 0. The van der Waals surface area contributed by atoms with Gasteiger partial charge in [-0.3, -0.25) is 0 Å². The van der Waals surface area contributed by atoms with Crippen LogP contribution in [0.3, 0.4) is 0 Å². The van der Waals surface area contributed by atoms with Gasteiger partial charge in [0.05, 0.1) is 0 Å². The molecule has 0 fully saturated rings. The molecule has 0 radical (unpaired) electrons. The molecule has 3 heteroatoms. The molecular weight excluding hydrogens is 170 g/mol. The third kappa shape index (κ3) is 5.95. The van der Waals surface area contributed by atoms with Gasteiger partial charge in [0.1, 0.15) is 6.61 Å². The summed E-state index contributed by atoms with van der Waals surface area (Å²) in [5.41, 5.74) is 0. The highest BCUT2D eigenvalue weighted by Crippen LogP contribution is 1.81. The number of halogens is 1. The Kier molecular flexibility index (Phi) is 6.91. The first-order valence-electron chi connectivity index (χ1n) is 2.61. The first-order chi connectivity index (χ1) is 3.91. The maximum atomic E-state index is 4.75. The zero-order valence-electron chi connectivity index (χ0n) is 4.93. The molecule has 0 rings (SSSR count). The van der Waals surface area contributed by atoms with Crippen molar-refractivity contribution in [2.45, 2.75) is 13.3 Å². The molecule has 0 heterocycles. The van der Waals surface area contributed by atoms with Crippen molar-refractivity contribution in [3.05, 3.63) is 0 Å². The molecule has 0 aliphatic rings. The molecular formula is C5H10BrNO. The molecule has 0 spiro atoms. The van der Waals surface area contributed by atoms with Crippen LogP contribution in [0.5, 0.6) is 0 Å². The number of hydrogen-bond acceptors (Lipinski definition) is 2. The monoisotopic (exact) mass is 179 g/mol. The Hall–Kier alpha value is -0.0500. The normalized spacial score (nSPS) is 10.2. The van der Waals surface area contributed by atoms with Crippen LogP contribution in [0.4, 0.5) is 0 Å². The van der Waals surface area contributed by atoms with Crippen molar-refractivity contribution >= 4 is 22.1 Å². The zero-order valence-corrected chi connectivity index (χ0v) is 6.52. The van der Waals surface area contributed by atoms with Gasteiger partial charge in [0.15, 0.2) is 0 Å². The fourth-order valence-electron chi connectivity index (χ4n) is 0.214. The summed E-state index contributed by atoms with van der Waals surface area (Å²) < 4.78 is 0. The maximum absolute atomic E-state index is 4.75. The minimum Gasteiger partial charge on any atom is -0.395 e. The van der Waals surface area contributed by atoms with Crippen molar-refractivity contribution in [2.24, 2.45) is 5.16 Å². The first-order valence-corrected chi connectivity index (χ1v) is 3.73. The molecule has 0 aliphatic carbocycles. The van der Waals surface area contributed by atoms with E-state index in [1.165, 1.54) is 0 Å². The van der Waals surface area contributed by atoms with Gasteiger partial charge in [-0.1, -0.05) is 28.0 Å². The highest BCUT2D eigenvalue weighted by Gasteiger charge is 1.74. The summed E-state index contributed by atoms with van der Waals surface area (Å²) in [5, 5.41) is 4.47. The summed E-state index contributed by atoms with van der Waals surface area (Å²) in [6.07, 6.45) is 2.67. The standard InChI is InChI=1S/C5H10BrNO/c1-2-4-7-8-5-3-6/h4H,2-3,5H2,1H3/b7-4+. The van der Waals surface area contributed by atoms with E-state index in [1.807, 2.05) is 6.92 Å². The number of hydrogen-bond donors (Lipinski definition) is 0. The van der Waals surface area contributed by atoms with E-state index in [9.17, 15) is 0 Å². The van der Waals surface area contributed by atoms with E-state index in [2.05, 4.69) is 21.1 Å². The molecule has 8 heavy (non-hydrogen) atoms. The highest BCUT2D eigenvalue weighted by molar-refractivity contribution is 9.09. The van der Waals surface area contributed by atoms with Crippen LogP contribution in [0.2, 0.25) is 0 Å². The van der Waals surface area contributed by atoms with Gasteiger partial charge in [-0.2, -0.15) is 0 Å². The molecule has 48 valence electrons. The lowest BCUT2D eigenvalue weighted by Crippen LogP contribution is -1.86. The van der Waals surface area contributed by atoms with E-state index in [0.717, 1.165) is 11.8 Å². The third-order valence-corrected chi connectivity index (χ3v) is 0.824. The van der Waals surface area contributed by atoms with Crippen molar-refractivity contribution in [1.82, 2.24) is 0 Å². The number of alkyl halides is 1. The van der Waals surface area contributed by atoms with Crippen LogP contribution in [-0.2, 0) is 4.84 Å². The van der Waals surface area contributed by atoms with Crippen molar-refractivity contribution in [2.75, 3.05) is 11.9 Å². The Balaban J connectivity index is 2.80. The second-order valence-electron chi connectivity index (χ2n) is 1.22. The lowest BCUT2D eigenvalue weighted by atomic mass is 10.6. The van der Waals surface area contributed by atoms with Crippen molar-refractivity contribution in [3.8, 4) is 0 Å². The summed E-state index contributed by atoms with van der Waals surface area (Å²) in [6, 6.07) is 0. The average Bonchev–Trinajstić information content (AvgIpc) is 1.81.